The first kappa shape index (κ1) is 18.9. The van der Waals surface area contributed by atoms with E-state index in [1.54, 1.807) is 12.1 Å². The monoisotopic (exact) mass is 344 g/mol. The average Bonchev–Trinajstić information content (AvgIpc) is 2.42. The minimum Gasteiger partial charge on any atom is -0.362 e. The maximum Gasteiger partial charge on any atom is 0.175 e. The molecule has 0 amide bonds. The Hall–Kier alpha value is -1.18. The van der Waals surface area contributed by atoms with E-state index in [4.69, 9.17) is 12.2 Å². The lowest BCUT2D eigenvalue weighted by molar-refractivity contribution is -0.858. The van der Waals surface area contributed by atoms with Crippen LogP contribution in [0.1, 0.15) is 24.9 Å². The standard InChI is InChI=1S/C15H25N3O2S2/c1-12(17-15(21)16-10-5-11-18(2)3)13-6-8-14(9-7-13)22(4,19)20/h6-9,12H,5,10-11H2,1-4H3,(H2,16,17,21)/p+1/t12-/m1/s1. The second-order valence-electron chi connectivity index (χ2n) is 5.77. The molecule has 0 fully saturated rings. The van der Waals surface area contributed by atoms with Gasteiger partial charge >= 0.3 is 0 Å². The summed E-state index contributed by atoms with van der Waals surface area (Å²) >= 11 is 5.27. The molecular formula is C15H26N3O2S2+. The van der Waals surface area contributed by atoms with Gasteiger partial charge in [0.2, 0.25) is 0 Å². The molecule has 0 aliphatic heterocycles. The van der Waals surface area contributed by atoms with Crippen LogP contribution in [0.4, 0.5) is 0 Å². The van der Waals surface area contributed by atoms with Gasteiger partial charge in [0.25, 0.3) is 0 Å². The largest absolute Gasteiger partial charge is 0.362 e. The van der Waals surface area contributed by atoms with E-state index in [2.05, 4.69) is 24.7 Å². The molecule has 124 valence electrons. The molecule has 3 N–H and O–H groups in total. The van der Waals surface area contributed by atoms with Crippen molar-refractivity contribution in [3.8, 4) is 0 Å². The summed E-state index contributed by atoms with van der Waals surface area (Å²) in [5.74, 6) is 0. The Morgan fingerprint density at radius 3 is 2.36 bits per heavy atom. The van der Waals surface area contributed by atoms with Crippen LogP contribution < -0.4 is 15.5 Å². The van der Waals surface area contributed by atoms with Crippen LogP contribution in [0.5, 0.6) is 0 Å². The van der Waals surface area contributed by atoms with Crippen molar-refractivity contribution in [3.63, 3.8) is 0 Å². The molecular weight excluding hydrogens is 318 g/mol. The van der Waals surface area contributed by atoms with Crippen LogP contribution in [-0.2, 0) is 9.84 Å². The van der Waals surface area contributed by atoms with Gasteiger partial charge in [0, 0.05) is 19.2 Å². The lowest BCUT2D eigenvalue weighted by Crippen LogP contribution is -3.05. The van der Waals surface area contributed by atoms with Crippen molar-refractivity contribution in [3.05, 3.63) is 29.8 Å². The van der Waals surface area contributed by atoms with Gasteiger partial charge in [0.15, 0.2) is 14.9 Å². The lowest BCUT2D eigenvalue weighted by Gasteiger charge is -2.18. The molecule has 0 radical (unpaired) electrons. The van der Waals surface area contributed by atoms with Crippen LogP contribution in [0.25, 0.3) is 0 Å². The average molecular weight is 345 g/mol. The molecule has 1 aromatic rings. The number of hydrogen-bond donors (Lipinski definition) is 3. The van der Waals surface area contributed by atoms with Crippen LogP contribution in [0.3, 0.4) is 0 Å². The third-order valence-corrected chi connectivity index (χ3v) is 4.69. The molecule has 0 bridgehead atoms. The molecule has 0 aliphatic rings. The normalized spacial score (nSPS) is 13.0. The first-order valence-corrected chi connectivity index (χ1v) is 9.63. The van der Waals surface area contributed by atoms with Gasteiger partial charge < -0.3 is 15.5 Å². The molecule has 0 unspecified atom stereocenters. The Labute approximate surface area is 139 Å². The van der Waals surface area contributed by atoms with Crippen molar-refractivity contribution in [2.75, 3.05) is 33.4 Å². The minimum atomic E-state index is -3.15. The van der Waals surface area contributed by atoms with Gasteiger partial charge in [-0.2, -0.15) is 0 Å². The maximum absolute atomic E-state index is 11.4. The van der Waals surface area contributed by atoms with Crippen LogP contribution in [-0.4, -0.2) is 47.0 Å². The summed E-state index contributed by atoms with van der Waals surface area (Å²) in [7, 11) is 1.10. The van der Waals surface area contributed by atoms with Crippen LogP contribution in [0, 0.1) is 0 Å². The molecule has 7 heteroatoms. The Balaban J connectivity index is 2.47. The van der Waals surface area contributed by atoms with Crippen molar-refractivity contribution in [2.24, 2.45) is 0 Å². The third-order valence-electron chi connectivity index (χ3n) is 3.29. The molecule has 0 aliphatic carbocycles. The van der Waals surface area contributed by atoms with E-state index in [1.165, 1.54) is 11.2 Å². The number of hydrogen-bond acceptors (Lipinski definition) is 3. The fraction of sp³-hybridized carbons (Fsp3) is 0.533. The van der Waals surface area contributed by atoms with Gasteiger partial charge in [-0.1, -0.05) is 12.1 Å². The molecule has 0 saturated carbocycles. The fourth-order valence-electron chi connectivity index (χ4n) is 1.98. The molecule has 0 heterocycles. The number of thiocarbonyl (C=S) groups is 1. The molecule has 5 nitrogen and oxygen atoms in total. The number of benzene rings is 1. The number of nitrogens with one attached hydrogen (secondary N) is 3. The molecule has 1 aromatic carbocycles. The van der Waals surface area contributed by atoms with Crippen molar-refractivity contribution >= 4 is 27.2 Å². The summed E-state index contributed by atoms with van der Waals surface area (Å²) in [6.45, 7) is 3.93. The van der Waals surface area contributed by atoms with Gasteiger partial charge in [-0.15, -0.1) is 0 Å². The van der Waals surface area contributed by atoms with Gasteiger partial charge in [-0.3, -0.25) is 0 Å². The summed E-state index contributed by atoms with van der Waals surface area (Å²) in [4.78, 5) is 1.75. The lowest BCUT2D eigenvalue weighted by atomic mass is 10.1. The van der Waals surface area contributed by atoms with Gasteiger partial charge in [-0.05, 0) is 36.8 Å². The van der Waals surface area contributed by atoms with Gasteiger partial charge in [0.1, 0.15) is 0 Å². The highest BCUT2D eigenvalue weighted by Gasteiger charge is 2.10. The topological polar surface area (TPSA) is 62.6 Å². The highest BCUT2D eigenvalue weighted by atomic mass is 32.2. The Morgan fingerprint density at radius 1 is 1.27 bits per heavy atom. The van der Waals surface area contributed by atoms with Crippen molar-refractivity contribution < 1.29 is 13.3 Å². The molecule has 0 aromatic heterocycles. The number of sulfone groups is 1. The Bertz CT molecular complexity index is 583. The second kappa shape index (κ2) is 8.45. The predicted molar refractivity (Wildman–Crippen MR) is 94.0 cm³/mol. The van der Waals surface area contributed by atoms with E-state index < -0.39 is 9.84 Å². The highest BCUT2D eigenvalue weighted by Crippen LogP contribution is 2.16. The number of rotatable bonds is 7. The SMILES string of the molecule is C[C@@H](NC(=S)NCCC[NH+](C)C)c1ccc(S(C)(=O)=O)cc1. The van der Waals surface area contributed by atoms with E-state index in [-0.39, 0.29) is 6.04 Å². The fourth-order valence-corrected chi connectivity index (χ4v) is 2.89. The first-order valence-electron chi connectivity index (χ1n) is 7.33. The molecule has 0 saturated heterocycles. The van der Waals surface area contributed by atoms with Crippen LogP contribution >= 0.6 is 12.2 Å². The van der Waals surface area contributed by atoms with Crippen LogP contribution in [0.15, 0.2) is 29.2 Å². The smallest absolute Gasteiger partial charge is 0.175 e. The van der Waals surface area contributed by atoms with Crippen molar-refractivity contribution in [1.29, 1.82) is 0 Å². The molecule has 1 rings (SSSR count). The maximum atomic E-state index is 11.4. The van der Waals surface area contributed by atoms with E-state index in [1.807, 2.05) is 19.1 Å². The summed E-state index contributed by atoms with van der Waals surface area (Å²) in [6.07, 6.45) is 2.26. The van der Waals surface area contributed by atoms with E-state index in [0.717, 1.165) is 25.1 Å². The summed E-state index contributed by atoms with van der Waals surface area (Å²) in [6, 6.07) is 6.89. The number of quaternary nitrogens is 1. The van der Waals surface area contributed by atoms with Crippen molar-refractivity contribution in [1.82, 2.24) is 10.6 Å². The zero-order chi connectivity index (χ0) is 16.8. The van der Waals surface area contributed by atoms with Crippen LogP contribution in [0.2, 0.25) is 0 Å². The molecule has 22 heavy (non-hydrogen) atoms. The Kier molecular flexibility index (Phi) is 7.25. The van der Waals surface area contributed by atoms with Gasteiger partial charge in [0.05, 0.1) is 31.6 Å². The zero-order valence-corrected chi connectivity index (χ0v) is 15.3. The molecule has 0 spiro atoms. The van der Waals surface area contributed by atoms with Gasteiger partial charge in [-0.25, -0.2) is 8.42 Å². The second-order valence-corrected chi connectivity index (χ2v) is 8.20. The minimum absolute atomic E-state index is 0.0214. The molecule has 1 atom stereocenters. The highest BCUT2D eigenvalue weighted by molar-refractivity contribution is 7.90. The quantitative estimate of drug-likeness (QED) is 0.485. The Morgan fingerprint density at radius 2 is 1.86 bits per heavy atom. The summed E-state index contributed by atoms with van der Waals surface area (Å²) < 4.78 is 22.9. The third kappa shape index (κ3) is 6.72. The van der Waals surface area contributed by atoms with E-state index >= 15 is 0 Å². The van der Waals surface area contributed by atoms with E-state index in [0.29, 0.717) is 10.0 Å². The zero-order valence-electron chi connectivity index (χ0n) is 13.6. The van der Waals surface area contributed by atoms with Crippen molar-refractivity contribution in [2.45, 2.75) is 24.3 Å². The van der Waals surface area contributed by atoms with E-state index in [9.17, 15) is 8.42 Å². The summed E-state index contributed by atoms with van der Waals surface area (Å²) in [5, 5.41) is 7.01. The predicted octanol–water partition coefficient (Wildman–Crippen LogP) is 0.150. The first-order chi connectivity index (χ1) is 10.2. The summed E-state index contributed by atoms with van der Waals surface area (Å²) in [5.41, 5.74) is 0.995.